The summed E-state index contributed by atoms with van der Waals surface area (Å²) < 4.78 is 0. The third-order valence-electron chi connectivity index (χ3n) is 3.87. The fourth-order valence-electron chi connectivity index (χ4n) is 2.83. The van der Waals surface area contributed by atoms with Gasteiger partial charge in [0.05, 0.1) is 12.2 Å². The first-order chi connectivity index (χ1) is 11.7. The number of thiocarbonyl (C=S) groups is 1. The van der Waals surface area contributed by atoms with E-state index >= 15 is 0 Å². The van der Waals surface area contributed by atoms with E-state index in [9.17, 15) is 5.26 Å². The Bertz CT molecular complexity index is 974. The van der Waals surface area contributed by atoms with Crippen molar-refractivity contribution < 1.29 is 0 Å². The van der Waals surface area contributed by atoms with E-state index in [2.05, 4.69) is 16.0 Å². The number of aromatic nitrogens is 2. The largest absolute Gasteiger partial charge is 0.383 e. The van der Waals surface area contributed by atoms with Gasteiger partial charge in [0.2, 0.25) is 0 Å². The number of nitriles is 1. The molecule has 2 N–H and O–H groups in total. The highest BCUT2D eigenvalue weighted by molar-refractivity contribution is 7.81. The molecule has 0 atom stereocenters. The first kappa shape index (κ1) is 14.8. The Morgan fingerprint density at radius 3 is 2.79 bits per heavy atom. The summed E-state index contributed by atoms with van der Waals surface area (Å²) in [5, 5.41) is 11.5. The summed E-state index contributed by atoms with van der Waals surface area (Å²) in [6.07, 6.45) is 1.73. The van der Waals surface area contributed by atoms with Gasteiger partial charge in [-0.2, -0.15) is 5.26 Å². The fourth-order valence-corrected chi connectivity index (χ4v) is 4.00. The highest BCUT2D eigenvalue weighted by atomic mass is 32.1. The number of rotatable bonds is 2. The van der Waals surface area contributed by atoms with Gasteiger partial charge in [0.15, 0.2) is 0 Å². The van der Waals surface area contributed by atoms with Crippen molar-refractivity contribution in [3.05, 3.63) is 58.7 Å². The molecular weight excluding hydrogens is 338 g/mol. The van der Waals surface area contributed by atoms with Crippen LogP contribution < -0.4 is 10.6 Å². The van der Waals surface area contributed by atoms with Crippen LogP contribution in [0.2, 0.25) is 0 Å². The molecule has 0 aromatic carbocycles. The Morgan fingerprint density at radius 2 is 2.12 bits per heavy atom. The number of thiophene rings is 1. The number of nitrogens with two attached hydrogens (primary N) is 1. The molecule has 0 spiro atoms. The third kappa shape index (κ3) is 2.16. The summed E-state index contributed by atoms with van der Waals surface area (Å²) in [6, 6.07) is 11.8. The maximum Gasteiger partial charge on any atom is 0.142 e. The lowest BCUT2D eigenvalue weighted by Gasteiger charge is -2.16. The van der Waals surface area contributed by atoms with Gasteiger partial charge in [0, 0.05) is 22.2 Å². The van der Waals surface area contributed by atoms with Crippen molar-refractivity contribution in [1.82, 2.24) is 9.97 Å². The molecule has 7 heteroatoms. The second-order valence-corrected chi connectivity index (χ2v) is 6.57. The lowest BCUT2D eigenvalue weighted by atomic mass is 10.0. The average molecular weight is 349 g/mol. The number of pyridine rings is 2. The summed E-state index contributed by atoms with van der Waals surface area (Å²) >= 11 is 7.24. The van der Waals surface area contributed by atoms with Gasteiger partial charge >= 0.3 is 0 Å². The SMILES string of the molecule is N#Cc1c(N)nc2c(c1-c1cccs1)C(=S)N(c1ccccn1)C2. The molecule has 0 radical (unpaired) electrons. The van der Waals surface area contributed by atoms with Crippen molar-refractivity contribution in [1.29, 1.82) is 5.26 Å². The highest BCUT2D eigenvalue weighted by Crippen LogP contribution is 2.39. The molecule has 0 amide bonds. The Labute approximate surface area is 148 Å². The molecule has 3 aromatic rings. The van der Waals surface area contributed by atoms with Gasteiger partial charge in [0.25, 0.3) is 0 Å². The molecule has 0 bridgehead atoms. The zero-order chi connectivity index (χ0) is 16.7. The van der Waals surface area contributed by atoms with Gasteiger partial charge in [-0.25, -0.2) is 9.97 Å². The predicted octanol–water partition coefficient (Wildman–Crippen LogP) is 3.35. The number of fused-ring (bicyclic) bond motifs is 1. The van der Waals surface area contributed by atoms with E-state index in [0.29, 0.717) is 17.1 Å². The van der Waals surface area contributed by atoms with E-state index in [1.54, 1.807) is 17.5 Å². The summed E-state index contributed by atoms with van der Waals surface area (Å²) in [5.74, 6) is 1.00. The van der Waals surface area contributed by atoms with E-state index in [-0.39, 0.29) is 5.82 Å². The zero-order valence-electron chi connectivity index (χ0n) is 12.4. The number of hydrogen-bond donors (Lipinski definition) is 1. The summed E-state index contributed by atoms with van der Waals surface area (Å²) in [4.78, 5) is 12.3. The first-order valence-electron chi connectivity index (χ1n) is 7.20. The third-order valence-corrected chi connectivity index (χ3v) is 5.18. The van der Waals surface area contributed by atoms with Crippen molar-refractivity contribution >= 4 is 40.2 Å². The van der Waals surface area contributed by atoms with Gasteiger partial charge in [0.1, 0.15) is 28.3 Å². The minimum atomic E-state index is 0.241. The quantitative estimate of drug-likeness (QED) is 0.715. The van der Waals surface area contributed by atoms with Crippen LogP contribution in [0.1, 0.15) is 16.8 Å². The van der Waals surface area contributed by atoms with Gasteiger partial charge < -0.3 is 10.6 Å². The normalized spacial score (nSPS) is 13.0. The molecule has 0 aliphatic carbocycles. The van der Waals surface area contributed by atoms with Crippen molar-refractivity contribution in [3.63, 3.8) is 0 Å². The van der Waals surface area contributed by atoms with Gasteiger partial charge in [-0.15, -0.1) is 11.3 Å². The number of nitrogen functional groups attached to an aromatic ring is 1. The molecule has 5 nitrogen and oxygen atoms in total. The van der Waals surface area contributed by atoms with Crippen LogP contribution in [0.25, 0.3) is 10.4 Å². The van der Waals surface area contributed by atoms with Crippen LogP contribution in [0, 0.1) is 11.3 Å². The standard InChI is InChI=1S/C17H11N5S2/c18-8-10-14(12-4-3-7-24-12)15-11(21-16(10)19)9-22(17(15)23)13-5-1-2-6-20-13/h1-7H,9H2,(H2,19,21). The van der Waals surface area contributed by atoms with Crippen molar-refractivity contribution in [3.8, 4) is 16.5 Å². The Balaban J connectivity index is 1.94. The maximum absolute atomic E-state index is 9.56. The van der Waals surface area contributed by atoms with E-state index in [4.69, 9.17) is 18.0 Å². The smallest absolute Gasteiger partial charge is 0.142 e. The van der Waals surface area contributed by atoms with Crippen molar-refractivity contribution in [2.45, 2.75) is 6.54 Å². The molecular formula is C17H11N5S2. The lowest BCUT2D eigenvalue weighted by Crippen LogP contribution is -2.23. The van der Waals surface area contributed by atoms with Crippen molar-refractivity contribution in [2.75, 3.05) is 10.6 Å². The van der Waals surface area contributed by atoms with E-state index in [0.717, 1.165) is 27.5 Å². The average Bonchev–Trinajstić information content (AvgIpc) is 3.23. The van der Waals surface area contributed by atoms with E-state index < -0.39 is 0 Å². The molecule has 4 heterocycles. The molecule has 4 rings (SSSR count). The van der Waals surface area contributed by atoms with Crippen LogP contribution >= 0.6 is 23.6 Å². The van der Waals surface area contributed by atoms with E-state index in [1.807, 2.05) is 40.6 Å². The molecule has 0 unspecified atom stereocenters. The number of anilines is 2. The van der Waals surface area contributed by atoms with Crippen LogP contribution in [-0.2, 0) is 6.54 Å². The first-order valence-corrected chi connectivity index (χ1v) is 8.48. The molecule has 3 aromatic heterocycles. The Morgan fingerprint density at radius 1 is 1.25 bits per heavy atom. The van der Waals surface area contributed by atoms with Crippen LogP contribution in [0.15, 0.2) is 41.9 Å². The number of hydrogen-bond acceptors (Lipinski definition) is 6. The monoisotopic (exact) mass is 349 g/mol. The molecule has 0 saturated heterocycles. The van der Waals surface area contributed by atoms with Gasteiger partial charge in [-0.3, -0.25) is 0 Å². The minimum Gasteiger partial charge on any atom is -0.383 e. The summed E-state index contributed by atoms with van der Waals surface area (Å²) in [7, 11) is 0. The second-order valence-electron chi connectivity index (χ2n) is 5.24. The zero-order valence-corrected chi connectivity index (χ0v) is 14.1. The molecule has 0 fully saturated rings. The molecule has 0 saturated carbocycles. The molecule has 1 aliphatic rings. The second kappa shape index (κ2) is 5.67. The van der Waals surface area contributed by atoms with E-state index in [1.165, 1.54) is 0 Å². The molecule has 24 heavy (non-hydrogen) atoms. The Hall–Kier alpha value is -2.82. The number of nitrogens with zero attached hydrogens (tertiary/aromatic N) is 4. The maximum atomic E-state index is 9.56. The van der Waals surface area contributed by atoms with Crippen LogP contribution in [0.4, 0.5) is 11.6 Å². The van der Waals surface area contributed by atoms with Gasteiger partial charge in [-0.1, -0.05) is 24.4 Å². The topological polar surface area (TPSA) is 78.8 Å². The van der Waals surface area contributed by atoms with Gasteiger partial charge in [-0.05, 0) is 23.6 Å². The van der Waals surface area contributed by atoms with Crippen LogP contribution in [-0.4, -0.2) is 15.0 Å². The molecule has 1 aliphatic heterocycles. The van der Waals surface area contributed by atoms with Crippen LogP contribution in [0.5, 0.6) is 0 Å². The summed E-state index contributed by atoms with van der Waals surface area (Å²) in [6.45, 7) is 0.499. The highest BCUT2D eigenvalue weighted by Gasteiger charge is 2.33. The fraction of sp³-hybridized carbons (Fsp3) is 0.0588. The lowest BCUT2D eigenvalue weighted by molar-refractivity contribution is 0.978. The van der Waals surface area contributed by atoms with Crippen LogP contribution in [0.3, 0.4) is 0 Å². The van der Waals surface area contributed by atoms with Crippen molar-refractivity contribution in [2.24, 2.45) is 0 Å². The molecule has 116 valence electrons. The minimum absolute atomic E-state index is 0.241. The Kier molecular flexibility index (Phi) is 3.49. The summed E-state index contributed by atoms with van der Waals surface area (Å²) in [5.41, 5.74) is 8.78. The predicted molar refractivity (Wildman–Crippen MR) is 98.8 cm³/mol.